The van der Waals surface area contributed by atoms with Crippen molar-refractivity contribution in [3.05, 3.63) is 34.1 Å². The predicted molar refractivity (Wildman–Crippen MR) is 71.5 cm³/mol. The Morgan fingerprint density at radius 2 is 2.06 bits per heavy atom. The molecule has 0 saturated carbocycles. The maximum absolute atomic E-state index is 13.4. The predicted octanol–water partition coefficient (Wildman–Crippen LogP) is 5.03. The first-order chi connectivity index (χ1) is 7.40. The SMILES string of the molecule is CC(C)C(C)(CCl)Cc1cccc(F)c1Br. The monoisotopic (exact) mass is 306 g/mol. The highest BCUT2D eigenvalue weighted by molar-refractivity contribution is 9.10. The first kappa shape index (κ1) is 14.0. The van der Waals surface area contributed by atoms with Crippen LogP contribution in [0, 0.1) is 17.2 Å². The van der Waals surface area contributed by atoms with Gasteiger partial charge in [0, 0.05) is 5.88 Å². The van der Waals surface area contributed by atoms with Gasteiger partial charge in [0.05, 0.1) is 4.47 Å². The van der Waals surface area contributed by atoms with Crippen molar-refractivity contribution in [3.8, 4) is 0 Å². The quantitative estimate of drug-likeness (QED) is 0.684. The molecular weight excluding hydrogens is 290 g/mol. The zero-order chi connectivity index (χ0) is 12.3. The number of hydrogen-bond donors (Lipinski definition) is 0. The van der Waals surface area contributed by atoms with Gasteiger partial charge in [-0.15, -0.1) is 11.6 Å². The molecule has 0 radical (unpaired) electrons. The maximum Gasteiger partial charge on any atom is 0.137 e. The number of halogens is 3. The normalized spacial score (nSPS) is 15.2. The molecule has 0 aromatic heterocycles. The lowest BCUT2D eigenvalue weighted by molar-refractivity contribution is 0.253. The third-order valence-corrected chi connectivity index (χ3v) is 4.82. The zero-order valence-electron chi connectivity index (χ0n) is 9.86. The van der Waals surface area contributed by atoms with E-state index < -0.39 is 0 Å². The van der Waals surface area contributed by atoms with Crippen molar-refractivity contribution in [1.82, 2.24) is 0 Å². The molecule has 90 valence electrons. The Bertz CT molecular complexity index is 365. The lowest BCUT2D eigenvalue weighted by Crippen LogP contribution is -2.28. The van der Waals surface area contributed by atoms with Crippen LogP contribution in [0.1, 0.15) is 26.3 Å². The van der Waals surface area contributed by atoms with Gasteiger partial charge in [-0.3, -0.25) is 0 Å². The summed E-state index contributed by atoms with van der Waals surface area (Å²) in [5.74, 6) is 0.825. The molecule has 0 bridgehead atoms. The van der Waals surface area contributed by atoms with Gasteiger partial charge in [0.15, 0.2) is 0 Å². The molecule has 0 N–H and O–H groups in total. The van der Waals surface area contributed by atoms with Crippen molar-refractivity contribution in [3.63, 3.8) is 0 Å². The molecule has 3 heteroatoms. The lowest BCUT2D eigenvalue weighted by atomic mass is 9.76. The molecule has 1 rings (SSSR count). The molecule has 0 aliphatic rings. The molecule has 0 saturated heterocycles. The smallest absolute Gasteiger partial charge is 0.137 e. The van der Waals surface area contributed by atoms with Gasteiger partial charge in [-0.25, -0.2) is 4.39 Å². The van der Waals surface area contributed by atoms with Crippen LogP contribution in [0.25, 0.3) is 0 Å². The first-order valence-corrected chi connectivity index (χ1v) is 6.72. The minimum Gasteiger partial charge on any atom is -0.206 e. The van der Waals surface area contributed by atoms with E-state index >= 15 is 0 Å². The summed E-state index contributed by atoms with van der Waals surface area (Å²) >= 11 is 9.33. The van der Waals surface area contributed by atoms with Gasteiger partial charge in [0.2, 0.25) is 0 Å². The van der Waals surface area contributed by atoms with Crippen molar-refractivity contribution in [2.24, 2.45) is 11.3 Å². The highest BCUT2D eigenvalue weighted by atomic mass is 79.9. The molecule has 0 amide bonds. The van der Waals surface area contributed by atoms with Crippen LogP contribution in [0.2, 0.25) is 0 Å². The highest BCUT2D eigenvalue weighted by Gasteiger charge is 2.28. The van der Waals surface area contributed by atoms with Gasteiger partial charge >= 0.3 is 0 Å². The lowest BCUT2D eigenvalue weighted by Gasteiger charge is -2.32. The van der Waals surface area contributed by atoms with E-state index in [0.29, 0.717) is 16.3 Å². The molecule has 1 unspecified atom stereocenters. The summed E-state index contributed by atoms with van der Waals surface area (Å²) in [4.78, 5) is 0. The summed E-state index contributed by atoms with van der Waals surface area (Å²) < 4.78 is 13.9. The maximum atomic E-state index is 13.4. The summed E-state index contributed by atoms with van der Waals surface area (Å²) in [6, 6.07) is 5.14. The molecule has 0 fully saturated rings. The Labute approximate surface area is 110 Å². The second kappa shape index (κ2) is 5.50. The summed E-state index contributed by atoms with van der Waals surface area (Å²) in [6.07, 6.45) is 0.784. The number of benzene rings is 1. The van der Waals surface area contributed by atoms with E-state index in [1.165, 1.54) is 6.07 Å². The van der Waals surface area contributed by atoms with E-state index in [-0.39, 0.29) is 11.2 Å². The molecule has 0 spiro atoms. The van der Waals surface area contributed by atoms with Crippen LogP contribution < -0.4 is 0 Å². The summed E-state index contributed by atoms with van der Waals surface area (Å²) in [5, 5.41) is 0. The molecule has 0 heterocycles. The molecule has 0 aliphatic heterocycles. The third-order valence-electron chi connectivity index (χ3n) is 3.32. The Hall–Kier alpha value is -0.0800. The van der Waals surface area contributed by atoms with Crippen molar-refractivity contribution in [1.29, 1.82) is 0 Å². The second-order valence-electron chi connectivity index (χ2n) is 4.83. The van der Waals surface area contributed by atoms with Gasteiger partial charge in [0.1, 0.15) is 5.82 Å². The molecule has 1 aromatic carbocycles. The van der Waals surface area contributed by atoms with Crippen LogP contribution in [0.5, 0.6) is 0 Å². The fraction of sp³-hybridized carbons (Fsp3) is 0.538. The topological polar surface area (TPSA) is 0 Å². The first-order valence-electron chi connectivity index (χ1n) is 5.39. The summed E-state index contributed by atoms with van der Waals surface area (Å²) in [7, 11) is 0. The zero-order valence-corrected chi connectivity index (χ0v) is 12.2. The van der Waals surface area contributed by atoms with Gasteiger partial charge in [-0.1, -0.05) is 32.9 Å². The minimum absolute atomic E-state index is 0.00211. The third kappa shape index (κ3) is 2.98. The fourth-order valence-electron chi connectivity index (χ4n) is 1.53. The van der Waals surface area contributed by atoms with Crippen LogP contribution in [0.3, 0.4) is 0 Å². The van der Waals surface area contributed by atoms with Crippen molar-refractivity contribution in [2.75, 3.05) is 5.88 Å². The van der Waals surface area contributed by atoms with Crippen molar-refractivity contribution in [2.45, 2.75) is 27.2 Å². The highest BCUT2D eigenvalue weighted by Crippen LogP contribution is 2.35. The minimum atomic E-state index is -0.210. The van der Waals surface area contributed by atoms with Crippen molar-refractivity contribution < 1.29 is 4.39 Å². The molecule has 0 nitrogen and oxygen atoms in total. The summed E-state index contributed by atoms with van der Waals surface area (Å²) in [5.41, 5.74) is 0.981. The van der Waals surface area contributed by atoms with Crippen LogP contribution in [0.15, 0.2) is 22.7 Å². The molecule has 0 aliphatic carbocycles. The Morgan fingerprint density at radius 3 is 2.56 bits per heavy atom. The largest absolute Gasteiger partial charge is 0.206 e. The molecular formula is C13H17BrClF. The Balaban J connectivity index is 2.99. The number of alkyl halides is 1. The van der Waals surface area contributed by atoms with E-state index in [9.17, 15) is 4.39 Å². The molecule has 16 heavy (non-hydrogen) atoms. The van der Waals surface area contributed by atoms with E-state index in [4.69, 9.17) is 11.6 Å². The average Bonchev–Trinajstić information content (AvgIpc) is 2.24. The molecule has 1 atom stereocenters. The van der Waals surface area contributed by atoms with Crippen LogP contribution >= 0.6 is 27.5 Å². The Morgan fingerprint density at radius 1 is 1.44 bits per heavy atom. The summed E-state index contributed by atoms with van der Waals surface area (Å²) in [6.45, 7) is 6.44. The fourth-order valence-corrected chi connectivity index (χ4v) is 2.33. The van der Waals surface area contributed by atoms with E-state index in [0.717, 1.165) is 12.0 Å². The number of hydrogen-bond acceptors (Lipinski definition) is 0. The van der Waals surface area contributed by atoms with Crippen LogP contribution in [-0.4, -0.2) is 5.88 Å². The number of rotatable bonds is 4. The van der Waals surface area contributed by atoms with E-state index in [1.807, 2.05) is 6.07 Å². The second-order valence-corrected chi connectivity index (χ2v) is 5.89. The standard InChI is InChI=1S/C13H17BrClF/c1-9(2)13(3,8-15)7-10-5-4-6-11(16)12(10)14/h4-6,9H,7-8H2,1-3H3. The van der Waals surface area contributed by atoms with Crippen LogP contribution in [0.4, 0.5) is 4.39 Å². The van der Waals surface area contributed by atoms with Crippen molar-refractivity contribution >= 4 is 27.5 Å². The molecule has 1 aromatic rings. The van der Waals surface area contributed by atoms with Gasteiger partial charge in [0.25, 0.3) is 0 Å². The van der Waals surface area contributed by atoms with E-state index in [2.05, 4.69) is 36.7 Å². The van der Waals surface area contributed by atoms with Gasteiger partial charge in [-0.2, -0.15) is 0 Å². The van der Waals surface area contributed by atoms with Gasteiger partial charge < -0.3 is 0 Å². The van der Waals surface area contributed by atoms with Crippen LogP contribution in [-0.2, 0) is 6.42 Å². The Kier molecular flexibility index (Phi) is 4.81. The average molecular weight is 308 g/mol. The van der Waals surface area contributed by atoms with Gasteiger partial charge in [-0.05, 0) is 45.3 Å². The van der Waals surface area contributed by atoms with E-state index in [1.54, 1.807) is 6.07 Å².